The van der Waals surface area contributed by atoms with E-state index in [0.717, 1.165) is 6.07 Å². The van der Waals surface area contributed by atoms with Gasteiger partial charge in [-0.2, -0.15) is 0 Å². The topological polar surface area (TPSA) is 139 Å². The number of carbonyl (C=O) groups excluding carboxylic acids is 2. The zero-order valence-electron chi connectivity index (χ0n) is 24.3. The third kappa shape index (κ3) is 6.65. The van der Waals surface area contributed by atoms with Gasteiger partial charge < -0.3 is 14.2 Å². The Kier molecular flexibility index (Phi) is 9.14. The van der Waals surface area contributed by atoms with E-state index < -0.39 is 22.9 Å². The number of nitro groups is 1. The van der Waals surface area contributed by atoms with E-state index in [1.54, 1.807) is 74.5 Å². The normalized spacial score (nSPS) is 14.3. The second kappa shape index (κ2) is 13.3. The Morgan fingerprint density at radius 2 is 1.78 bits per heavy atom. The highest BCUT2D eigenvalue weighted by atomic mass is 32.1. The molecular weight excluding hydrogens is 598 g/mol. The van der Waals surface area contributed by atoms with E-state index in [0.29, 0.717) is 38.5 Å². The van der Waals surface area contributed by atoms with Crippen LogP contribution in [0.15, 0.2) is 107 Å². The number of rotatable bonds is 10. The average molecular weight is 626 g/mol. The zero-order chi connectivity index (χ0) is 32.1. The van der Waals surface area contributed by atoms with Gasteiger partial charge in [-0.1, -0.05) is 54.3 Å². The summed E-state index contributed by atoms with van der Waals surface area (Å²) in [4.78, 5) is 54.9. The molecule has 0 bridgehead atoms. The van der Waals surface area contributed by atoms with Gasteiger partial charge in [0.2, 0.25) is 0 Å². The summed E-state index contributed by atoms with van der Waals surface area (Å²) in [7, 11) is 0. The van der Waals surface area contributed by atoms with E-state index in [4.69, 9.17) is 14.2 Å². The second-order valence-corrected chi connectivity index (χ2v) is 10.7. The summed E-state index contributed by atoms with van der Waals surface area (Å²) in [6, 6.07) is 18.1. The highest BCUT2D eigenvalue weighted by molar-refractivity contribution is 7.07. The van der Waals surface area contributed by atoms with E-state index in [9.17, 15) is 24.5 Å². The first kappa shape index (κ1) is 30.8. The Labute approximate surface area is 260 Å². The van der Waals surface area contributed by atoms with Crippen LogP contribution in [-0.4, -0.2) is 34.6 Å². The van der Waals surface area contributed by atoms with Crippen LogP contribution in [0.2, 0.25) is 0 Å². The molecule has 228 valence electrons. The number of thiazole rings is 1. The Hall–Kier alpha value is -5.62. The smallest absolute Gasteiger partial charge is 0.343 e. The van der Waals surface area contributed by atoms with Gasteiger partial charge in [0.25, 0.3) is 11.2 Å². The monoisotopic (exact) mass is 625 g/mol. The molecule has 4 aromatic rings. The molecular formula is C33H27N3O8S. The lowest BCUT2D eigenvalue weighted by molar-refractivity contribution is -0.384. The number of allylic oxidation sites excluding steroid dienone is 1. The molecule has 0 saturated carbocycles. The predicted octanol–water partition coefficient (Wildman–Crippen LogP) is 4.49. The molecule has 0 N–H and O–H groups in total. The van der Waals surface area contributed by atoms with E-state index in [-0.39, 0.29) is 34.7 Å². The second-order valence-electron chi connectivity index (χ2n) is 9.74. The molecule has 0 radical (unpaired) electrons. The minimum Gasteiger partial charge on any atom is -0.490 e. The fourth-order valence-corrected chi connectivity index (χ4v) is 5.75. The first-order chi connectivity index (χ1) is 21.7. The Morgan fingerprint density at radius 1 is 1.07 bits per heavy atom. The number of nitro benzene ring substituents is 1. The highest BCUT2D eigenvalue weighted by Gasteiger charge is 2.33. The molecule has 12 heteroatoms. The maximum Gasteiger partial charge on any atom is 0.343 e. The van der Waals surface area contributed by atoms with Crippen molar-refractivity contribution in [3.8, 4) is 11.5 Å². The average Bonchev–Trinajstić information content (AvgIpc) is 3.34. The van der Waals surface area contributed by atoms with Crippen LogP contribution in [0.4, 0.5) is 5.69 Å². The minimum absolute atomic E-state index is 0.0420. The van der Waals surface area contributed by atoms with Crippen LogP contribution >= 0.6 is 11.3 Å². The van der Waals surface area contributed by atoms with Gasteiger partial charge in [-0.05, 0) is 61.4 Å². The van der Waals surface area contributed by atoms with Gasteiger partial charge in [-0.15, -0.1) is 0 Å². The van der Waals surface area contributed by atoms with Gasteiger partial charge in [0.1, 0.15) is 18.1 Å². The molecule has 3 aromatic carbocycles. The maximum absolute atomic E-state index is 13.8. The van der Waals surface area contributed by atoms with Crippen molar-refractivity contribution in [3.05, 3.63) is 143 Å². The van der Waals surface area contributed by atoms with Gasteiger partial charge in [0.05, 0.1) is 38.9 Å². The number of nitrogens with zero attached hydrogens (tertiary/aromatic N) is 3. The zero-order valence-corrected chi connectivity index (χ0v) is 25.1. The van der Waals surface area contributed by atoms with E-state index in [1.165, 1.54) is 34.1 Å². The molecule has 0 saturated heterocycles. The van der Waals surface area contributed by atoms with Crippen LogP contribution < -0.4 is 24.4 Å². The lowest BCUT2D eigenvalue weighted by atomic mass is 9.96. The maximum atomic E-state index is 13.8. The Balaban J connectivity index is 1.47. The summed E-state index contributed by atoms with van der Waals surface area (Å²) in [6.45, 7) is 7.58. The van der Waals surface area contributed by atoms with Crippen molar-refractivity contribution in [2.45, 2.75) is 19.9 Å². The van der Waals surface area contributed by atoms with E-state index >= 15 is 0 Å². The van der Waals surface area contributed by atoms with Crippen molar-refractivity contribution in [1.29, 1.82) is 0 Å². The molecule has 1 aliphatic heterocycles. The number of hydrogen-bond acceptors (Lipinski definition) is 10. The van der Waals surface area contributed by atoms with Crippen molar-refractivity contribution in [2.75, 3.05) is 13.2 Å². The standard InChI is InChI=1S/C33H27N3O8S/c1-4-17-43-25-15-11-22(12-16-25)29-28(32(39)42-5-2)20(3)34-33-35(29)30(37)27(45-33)18-21-9-13-26(14-10-21)44-31(38)23-7-6-8-24(19-23)36(40)41/h4,6-16,18-19,29H,1,5,17H2,2-3H3/b27-18-/t29-/m0/s1. The van der Waals surface area contributed by atoms with E-state index in [2.05, 4.69) is 11.6 Å². The number of fused-ring (bicyclic) bond motifs is 1. The molecule has 1 aromatic heterocycles. The summed E-state index contributed by atoms with van der Waals surface area (Å²) in [5.74, 6) is -0.461. The van der Waals surface area contributed by atoms with Crippen LogP contribution in [-0.2, 0) is 9.53 Å². The predicted molar refractivity (Wildman–Crippen MR) is 167 cm³/mol. The molecule has 0 spiro atoms. The van der Waals surface area contributed by atoms with Crippen molar-refractivity contribution in [3.63, 3.8) is 0 Å². The fourth-order valence-electron chi connectivity index (χ4n) is 4.70. The van der Waals surface area contributed by atoms with Gasteiger partial charge in [-0.25, -0.2) is 14.6 Å². The summed E-state index contributed by atoms with van der Waals surface area (Å²) < 4.78 is 18.2. The molecule has 2 heterocycles. The van der Waals surface area contributed by atoms with Gasteiger partial charge in [0.15, 0.2) is 4.80 Å². The SMILES string of the molecule is C=CCOc1ccc([C@H]2C(C(=O)OCC)=C(C)N=c3s/c(=C\c4ccc(OC(=O)c5cccc([N+](=O)[O-])c5)cc4)c(=O)n32)cc1. The molecule has 1 atom stereocenters. The van der Waals surface area contributed by atoms with Crippen molar-refractivity contribution < 1.29 is 28.7 Å². The molecule has 0 aliphatic carbocycles. The summed E-state index contributed by atoms with van der Waals surface area (Å²) >= 11 is 1.18. The van der Waals surface area contributed by atoms with Crippen LogP contribution in [0.25, 0.3) is 6.08 Å². The quantitative estimate of drug-likeness (QED) is 0.0826. The van der Waals surface area contributed by atoms with Crippen LogP contribution in [0.3, 0.4) is 0 Å². The Bertz CT molecular complexity index is 2010. The third-order valence-corrected chi connectivity index (χ3v) is 7.74. The summed E-state index contributed by atoms with van der Waals surface area (Å²) in [6.07, 6.45) is 3.32. The van der Waals surface area contributed by atoms with Crippen LogP contribution in [0, 0.1) is 10.1 Å². The number of benzene rings is 3. The lowest BCUT2D eigenvalue weighted by Crippen LogP contribution is -2.39. The number of carbonyl (C=O) groups is 2. The summed E-state index contributed by atoms with van der Waals surface area (Å²) in [5.41, 5.74) is 1.53. The number of esters is 2. The Morgan fingerprint density at radius 3 is 2.44 bits per heavy atom. The van der Waals surface area contributed by atoms with Crippen molar-refractivity contribution in [1.82, 2.24) is 4.57 Å². The van der Waals surface area contributed by atoms with Gasteiger partial charge >= 0.3 is 11.9 Å². The van der Waals surface area contributed by atoms with Crippen molar-refractivity contribution >= 4 is 35.0 Å². The number of ether oxygens (including phenoxy) is 3. The molecule has 0 fully saturated rings. The lowest BCUT2D eigenvalue weighted by Gasteiger charge is -2.24. The third-order valence-electron chi connectivity index (χ3n) is 6.76. The molecule has 1 aliphatic rings. The minimum atomic E-state index is -0.772. The molecule has 11 nitrogen and oxygen atoms in total. The molecule has 5 rings (SSSR count). The molecule has 45 heavy (non-hydrogen) atoms. The highest BCUT2D eigenvalue weighted by Crippen LogP contribution is 2.31. The van der Waals surface area contributed by atoms with Gasteiger partial charge in [0, 0.05) is 12.1 Å². The fraction of sp³-hybridized carbons (Fsp3) is 0.152. The number of aromatic nitrogens is 1. The van der Waals surface area contributed by atoms with Crippen LogP contribution in [0.5, 0.6) is 11.5 Å². The first-order valence-electron chi connectivity index (χ1n) is 13.8. The van der Waals surface area contributed by atoms with E-state index in [1.807, 2.05) is 0 Å². The molecule has 0 amide bonds. The summed E-state index contributed by atoms with van der Waals surface area (Å²) in [5, 5.41) is 11.0. The number of non-ortho nitro benzene ring substituents is 1. The van der Waals surface area contributed by atoms with Crippen molar-refractivity contribution in [2.24, 2.45) is 4.99 Å². The molecule has 0 unspecified atom stereocenters. The first-order valence-corrected chi connectivity index (χ1v) is 14.6. The van der Waals surface area contributed by atoms with Gasteiger partial charge in [-0.3, -0.25) is 19.5 Å². The largest absolute Gasteiger partial charge is 0.490 e. The van der Waals surface area contributed by atoms with Crippen LogP contribution in [0.1, 0.15) is 41.4 Å². The number of hydrogen-bond donors (Lipinski definition) is 0.